The number of aryl methyl sites for hydroxylation is 2. The summed E-state index contributed by atoms with van der Waals surface area (Å²) in [6.45, 7) is 11.5. The number of thiophene rings is 1. The fourth-order valence-electron chi connectivity index (χ4n) is 3.77. The van der Waals surface area contributed by atoms with Gasteiger partial charge in [-0.3, -0.25) is 4.90 Å². The number of hydrogen-bond acceptors (Lipinski definition) is 6. The number of fused-ring (bicyclic) bond motifs is 1. The highest BCUT2D eigenvalue weighted by Crippen LogP contribution is 2.34. The molecule has 1 aliphatic rings. The smallest absolute Gasteiger partial charge is 0.141 e. The summed E-state index contributed by atoms with van der Waals surface area (Å²) in [6, 6.07) is 0. The average Bonchev–Trinajstić information content (AvgIpc) is 3.21. The number of anilines is 1. The lowest BCUT2D eigenvalue weighted by atomic mass is 10.0. The number of nitrogens with zero attached hydrogens (tertiary/aromatic N) is 6. The van der Waals surface area contributed by atoms with Gasteiger partial charge in [0.25, 0.3) is 0 Å². The molecule has 0 spiro atoms. The first-order valence-electron chi connectivity index (χ1n) is 9.69. The number of hydrogen-bond donors (Lipinski definition) is 0. The first-order valence-corrected chi connectivity index (χ1v) is 10.6. The molecule has 0 amide bonds. The van der Waals surface area contributed by atoms with E-state index in [9.17, 15) is 0 Å². The number of rotatable bonds is 5. The predicted molar refractivity (Wildman–Crippen MR) is 111 cm³/mol. The van der Waals surface area contributed by atoms with Crippen LogP contribution in [0.4, 0.5) is 5.82 Å². The molecule has 0 radical (unpaired) electrons. The first kappa shape index (κ1) is 18.4. The second-order valence-corrected chi connectivity index (χ2v) is 8.71. The molecule has 3 aromatic rings. The van der Waals surface area contributed by atoms with Crippen molar-refractivity contribution in [2.24, 2.45) is 13.0 Å². The highest BCUT2D eigenvalue weighted by Gasteiger charge is 2.23. The Kier molecular flexibility index (Phi) is 5.14. The Hall–Kier alpha value is -1.99. The Morgan fingerprint density at radius 1 is 1.15 bits per heavy atom. The lowest BCUT2D eigenvalue weighted by molar-refractivity contribution is 0.241. The van der Waals surface area contributed by atoms with Gasteiger partial charge >= 0.3 is 0 Å². The van der Waals surface area contributed by atoms with Crippen LogP contribution >= 0.6 is 11.3 Å². The van der Waals surface area contributed by atoms with E-state index in [0.29, 0.717) is 5.92 Å². The van der Waals surface area contributed by atoms with E-state index < -0.39 is 0 Å². The van der Waals surface area contributed by atoms with E-state index in [4.69, 9.17) is 9.97 Å². The fraction of sp³-hybridized carbons (Fsp3) is 0.550. The molecule has 0 unspecified atom stereocenters. The van der Waals surface area contributed by atoms with Gasteiger partial charge in [-0.05, 0) is 30.2 Å². The lowest BCUT2D eigenvalue weighted by Gasteiger charge is -2.35. The summed E-state index contributed by atoms with van der Waals surface area (Å²) in [6.07, 6.45) is 4.97. The zero-order valence-electron chi connectivity index (χ0n) is 16.6. The minimum Gasteiger partial charge on any atom is -0.353 e. The van der Waals surface area contributed by atoms with Crippen molar-refractivity contribution in [1.82, 2.24) is 24.4 Å². The van der Waals surface area contributed by atoms with Crippen molar-refractivity contribution < 1.29 is 0 Å². The molecule has 3 aromatic heterocycles. The van der Waals surface area contributed by atoms with E-state index in [1.54, 1.807) is 11.3 Å². The third-order valence-corrected chi connectivity index (χ3v) is 6.11. The minimum atomic E-state index is 0.631. The van der Waals surface area contributed by atoms with Crippen molar-refractivity contribution in [3.63, 3.8) is 0 Å². The summed E-state index contributed by atoms with van der Waals surface area (Å²) in [5, 5.41) is 3.55. The Morgan fingerprint density at radius 2 is 1.93 bits per heavy atom. The quantitative estimate of drug-likeness (QED) is 0.676. The van der Waals surface area contributed by atoms with Gasteiger partial charge in [0.15, 0.2) is 0 Å². The number of imidazole rings is 1. The first-order chi connectivity index (χ1) is 13.0. The van der Waals surface area contributed by atoms with E-state index in [-0.39, 0.29) is 0 Å². The largest absolute Gasteiger partial charge is 0.353 e. The molecule has 4 rings (SSSR count). The van der Waals surface area contributed by atoms with Crippen LogP contribution in [0.2, 0.25) is 0 Å². The van der Waals surface area contributed by atoms with Crippen molar-refractivity contribution in [3.8, 4) is 0 Å². The summed E-state index contributed by atoms with van der Waals surface area (Å²) < 4.78 is 2.10. The van der Waals surface area contributed by atoms with E-state index in [2.05, 4.69) is 45.6 Å². The maximum atomic E-state index is 4.87. The summed E-state index contributed by atoms with van der Waals surface area (Å²) in [7, 11) is 2.06. The summed E-state index contributed by atoms with van der Waals surface area (Å²) in [5.74, 6) is 3.75. The summed E-state index contributed by atoms with van der Waals surface area (Å²) >= 11 is 1.75. The maximum absolute atomic E-state index is 4.87. The molecule has 0 aliphatic carbocycles. The maximum Gasteiger partial charge on any atom is 0.141 e. The minimum absolute atomic E-state index is 0.631. The highest BCUT2D eigenvalue weighted by molar-refractivity contribution is 7.17. The van der Waals surface area contributed by atoms with Crippen molar-refractivity contribution in [2.75, 3.05) is 31.1 Å². The van der Waals surface area contributed by atoms with Gasteiger partial charge in [0, 0.05) is 45.6 Å². The molecule has 1 aliphatic heterocycles. The molecule has 0 saturated carbocycles. The molecule has 0 bridgehead atoms. The fourth-order valence-corrected chi connectivity index (χ4v) is 4.76. The zero-order valence-corrected chi connectivity index (χ0v) is 17.5. The van der Waals surface area contributed by atoms with Crippen LogP contribution < -0.4 is 4.90 Å². The molecule has 0 aromatic carbocycles. The van der Waals surface area contributed by atoms with Crippen LogP contribution in [0.25, 0.3) is 10.2 Å². The third kappa shape index (κ3) is 3.84. The second-order valence-electron chi connectivity index (χ2n) is 7.85. The van der Waals surface area contributed by atoms with Gasteiger partial charge in [-0.15, -0.1) is 11.3 Å². The normalized spacial score (nSPS) is 16.0. The van der Waals surface area contributed by atoms with Crippen LogP contribution in [-0.2, 0) is 20.0 Å². The molecule has 144 valence electrons. The van der Waals surface area contributed by atoms with Crippen molar-refractivity contribution in [1.29, 1.82) is 0 Å². The monoisotopic (exact) mass is 384 g/mol. The third-order valence-electron chi connectivity index (χ3n) is 5.19. The predicted octanol–water partition coefficient (Wildman–Crippen LogP) is 3.25. The molecule has 1 fully saturated rings. The molecule has 4 heterocycles. The number of aromatic nitrogens is 4. The van der Waals surface area contributed by atoms with Crippen molar-refractivity contribution in [3.05, 3.63) is 35.0 Å². The summed E-state index contributed by atoms with van der Waals surface area (Å²) in [4.78, 5) is 20.1. The van der Waals surface area contributed by atoms with Gasteiger partial charge in [-0.2, -0.15) is 0 Å². The van der Waals surface area contributed by atoms with Crippen LogP contribution in [0.1, 0.15) is 31.1 Å². The van der Waals surface area contributed by atoms with Crippen molar-refractivity contribution in [2.45, 2.75) is 33.7 Å². The second kappa shape index (κ2) is 7.56. The Morgan fingerprint density at radius 3 is 2.59 bits per heavy atom. The van der Waals surface area contributed by atoms with Crippen LogP contribution in [-0.4, -0.2) is 50.6 Å². The molecule has 6 nitrogen and oxygen atoms in total. The van der Waals surface area contributed by atoms with Crippen molar-refractivity contribution >= 4 is 27.4 Å². The Labute approximate surface area is 164 Å². The van der Waals surface area contributed by atoms with E-state index >= 15 is 0 Å². The molecule has 0 atom stereocenters. The van der Waals surface area contributed by atoms with Gasteiger partial charge in [0.1, 0.15) is 22.3 Å². The van der Waals surface area contributed by atoms with Gasteiger partial charge in [0.05, 0.1) is 11.9 Å². The van der Waals surface area contributed by atoms with Gasteiger partial charge in [-0.25, -0.2) is 15.0 Å². The van der Waals surface area contributed by atoms with Crippen LogP contribution in [0.3, 0.4) is 0 Å². The summed E-state index contributed by atoms with van der Waals surface area (Å²) in [5.41, 5.74) is 1.40. The topological polar surface area (TPSA) is 50.1 Å². The molecule has 0 N–H and O–H groups in total. The van der Waals surface area contributed by atoms with E-state index in [1.165, 1.54) is 10.9 Å². The molecular weight excluding hydrogens is 356 g/mol. The Balaban J connectivity index is 1.54. The van der Waals surface area contributed by atoms with Gasteiger partial charge in [0.2, 0.25) is 0 Å². The van der Waals surface area contributed by atoms with E-state index in [1.807, 2.05) is 19.3 Å². The molecular formula is C20H28N6S. The molecule has 27 heavy (non-hydrogen) atoms. The van der Waals surface area contributed by atoms with Crippen LogP contribution in [0.5, 0.6) is 0 Å². The standard InChI is InChI=1S/C20H28N6S/c1-14(2)11-16-13-27-20-18(16)19(22-15(3)23-20)26-9-7-25(8-10-26)12-17-21-5-6-24(17)4/h5-6,13-14H,7-12H2,1-4H3. The zero-order chi connectivity index (χ0) is 19.0. The highest BCUT2D eigenvalue weighted by atomic mass is 32.1. The van der Waals surface area contributed by atoms with Crippen LogP contribution in [0, 0.1) is 12.8 Å². The number of piperazine rings is 1. The van der Waals surface area contributed by atoms with Crippen LogP contribution in [0.15, 0.2) is 17.8 Å². The van der Waals surface area contributed by atoms with Gasteiger partial charge in [-0.1, -0.05) is 13.8 Å². The Bertz CT molecular complexity index is 920. The SMILES string of the molecule is Cc1nc(N2CCN(Cc3nccn3C)CC2)c2c(CC(C)C)csc2n1. The van der Waals surface area contributed by atoms with Gasteiger partial charge < -0.3 is 9.47 Å². The molecule has 1 saturated heterocycles. The average molecular weight is 385 g/mol. The van der Waals surface area contributed by atoms with E-state index in [0.717, 1.165) is 61.4 Å². The molecule has 7 heteroatoms. The lowest BCUT2D eigenvalue weighted by Crippen LogP contribution is -2.46.